The summed E-state index contributed by atoms with van der Waals surface area (Å²) in [5.41, 5.74) is 2.44. The molecule has 6 heteroatoms. The minimum absolute atomic E-state index is 0.261. The maximum Gasteiger partial charge on any atom is 0.261 e. The first-order valence-electron chi connectivity index (χ1n) is 7.13. The predicted octanol–water partition coefficient (Wildman–Crippen LogP) is 3.32. The summed E-state index contributed by atoms with van der Waals surface area (Å²) < 4.78 is 27.4. The zero-order valence-corrected chi connectivity index (χ0v) is 13.0. The van der Waals surface area contributed by atoms with E-state index in [0.29, 0.717) is 5.69 Å². The summed E-state index contributed by atoms with van der Waals surface area (Å²) in [5, 5.41) is 7.68. The van der Waals surface area contributed by atoms with Crippen molar-refractivity contribution >= 4 is 26.6 Å². The van der Waals surface area contributed by atoms with Crippen LogP contribution in [0.5, 0.6) is 0 Å². The largest absolute Gasteiger partial charge is 0.280 e. The van der Waals surface area contributed by atoms with E-state index in [-0.39, 0.29) is 4.90 Å². The second kappa shape index (κ2) is 5.81. The van der Waals surface area contributed by atoms with Gasteiger partial charge in [0.1, 0.15) is 0 Å². The second-order valence-corrected chi connectivity index (χ2v) is 6.85. The maximum absolute atomic E-state index is 12.4. The average Bonchev–Trinajstić information content (AvgIpc) is 2.95. The predicted molar refractivity (Wildman–Crippen MR) is 87.3 cm³/mol. The number of anilines is 1. The van der Waals surface area contributed by atoms with E-state index >= 15 is 0 Å². The first-order chi connectivity index (χ1) is 10.6. The van der Waals surface area contributed by atoms with Gasteiger partial charge in [0.2, 0.25) is 0 Å². The number of aryl methyl sites for hydroxylation is 1. The third-order valence-electron chi connectivity index (χ3n) is 3.47. The Hall–Kier alpha value is -2.34. The Morgan fingerprint density at radius 3 is 2.64 bits per heavy atom. The Labute approximate surface area is 129 Å². The van der Waals surface area contributed by atoms with E-state index in [2.05, 4.69) is 21.8 Å². The van der Waals surface area contributed by atoms with Gasteiger partial charge in [0.05, 0.1) is 22.3 Å². The summed E-state index contributed by atoms with van der Waals surface area (Å²) in [7, 11) is -3.58. The monoisotopic (exact) mass is 315 g/mol. The van der Waals surface area contributed by atoms with Gasteiger partial charge in [-0.25, -0.2) is 8.42 Å². The molecule has 0 aliphatic rings. The fourth-order valence-corrected chi connectivity index (χ4v) is 3.39. The SMILES string of the molecule is CCCc1ccc(S(=O)(=O)Nc2ccc3cn[nH]c3c2)cc1. The van der Waals surface area contributed by atoms with E-state index in [4.69, 9.17) is 0 Å². The molecule has 0 aliphatic carbocycles. The zero-order chi connectivity index (χ0) is 15.6. The molecular formula is C16H17N3O2S. The number of H-pyrrole nitrogens is 1. The highest BCUT2D eigenvalue weighted by Gasteiger charge is 2.14. The molecule has 2 N–H and O–H groups in total. The third-order valence-corrected chi connectivity index (χ3v) is 4.86. The number of benzene rings is 2. The molecule has 0 bridgehead atoms. The summed E-state index contributed by atoms with van der Waals surface area (Å²) in [5.74, 6) is 0. The number of aromatic nitrogens is 2. The molecular weight excluding hydrogens is 298 g/mol. The van der Waals surface area contributed by atoms with E-state index in [0.717, 1.165) is 29.3 Å². The lowest BCUT2D eigenvalue weighted by Gasteiger charge is -2.09. The van der Waals surface area contributed by atoms with Gasteiger partial charge < -0.3 is 0 Å². The van der Waals surface area contributed by atoms with Crippen molar-refractivity contribution in [2.45, 2.75) is 24.7 Å². The van der Waals surface area contributed by atoms with Crippen LogP contribution in [-0.2, 0) is 16.4 Å². The normalized spacial score (nSPS) is 11.7. The van der Waals surface area contributed by atoms with Gasteiger partial charge >= 0.3 is 0 Å². The Kier molecular flexibility index (Phi) is 3.85. The van der Waals surface area contributed by atoms with Crippen molar-refractivity contribution in [2.24, 2.45) is 0 Å². The van der Waals surface area contributed by atoms with Crippen molar-refractivity contribution in [1.29, 1.82) is 0 Å². The maximum atomic E-state index is 12.4. The molecule has 0 fully saturated rings. The second-order valence-electron chi connectivity index (χ2n) is 5.17. The van der Waals surface area contributed by atoms with Gasteiger partial charge in [-0.1, -0.05) is 25.5 Å². The molecule has 5 nitrogen and oxygen atoms in total. The number of sulfonamides is 1. The zero-order valence-electron chi connectivity index (χ0n) is 12.2. The van der Waals surface area contributed by atoms with E-state index in [1.807, 2.05) is 18.2 Å². The van der Waals surface area contributed by atoms with Crippen LogP contribution in [0, 0.1) is 0 Å². The van der Waals surface area contributed by atoms with Crippen molar-refractivity contribution in [1.82, 2.24) is 10.2 Å². The van der Waals surface area contributed by atoms with E-state index in [1.54, 1.807) is 30.5 Å². The molecule has 0 amide bonds. The van der Waals surface area contributed by atoms with Crippen LogP contribution in [-0.4, -0.2) is 18.6 Å². The number of hydrogen-bond acceptors (Lipinski definition) is 3. The van der Waals surface area contributed by atoms with Gasteiger partial charge in [-0.3, -0.25) is 9.82 Å². The molecule has 0 saturated heterocycles. The van der Waals surface area contributed by atoms with E-state index in [9.17, 15) is 8.42 Å². The van der Waals surface area contributed by atoms with Crippen LogP contribution >= 0.6 is 0 Å². The minimum Gasteiger partial charge on any atom is -0.280 e. The summed E-state index contributed by atoms with van der Waals surface area (Å²) in [4.78, 5) is 0.261. The van der Waals surface area contributed by atoms with E-state index < -0.39 is 10.0 Å². The first-order valence-corrected chi connectivity index (χ1v) is 8.62. The lowest BCUT2D eigenvalue weighted by molar-refractivity contribution is 0.601. The molecule has 0 radical (unpaired) electrons. The van der Waals surface area contributed by atoms with Gasteiger partial charge in [0.25, 0.3) is 10.0 Å². The van der Waals surface area contributed by atoms with Gasteiger partial charge in [0, 0.05) is 5.39 Å². The van der Waals surface area contributed by atoms with Crippen molar-refractivity contribution in [2.75, 3.05) is 4.72 Å². The molecule has 1 heterocycles. The molecule has 2 aromatic carbocycles. The van der Waals surface area contributed by atoms with Gasteiger partial charge in [-0.2, -0.15) is 5.10 Å². The fraction of sp³-hybridized carbons (Fsp3) is 0.188. The molecule has 3 aromatic rings. The number of nitrogens with zero attached hydrogens (tertiary/aromatic N) is 1. The minimum atomic E-state index is -3.58. The van der Waals surface area contributed by atoms with Gasteiger partial charge in [-0.05, 0) is 42.3 Å². The first kappa shape index (κ1) is 14.6. The van der Waals surface area contributed by atoms with Crippen molar-refractivity contribution in [3.05, 3.63) is 54.2 Å². The van der Waals surface area contributed by atoms with Crippen LogP contribution in [0.15, 0.2) is 53.6 Å². The average molecular weight is 315 g/mol. The number of fused-ring (bicyclic) bond motifs is 1. The van der Waals surface area contributed by atoms with E-state index in [1.165, 1.54) is 0 Å². The molecule has 0 spiro atoms. The molecule has 0 saturated carbocycles. The smallest absolute Gasteiger partial charge is 0.261 e. The van der Waals surface area contributed by atoms with Crippen molar-refractivity contribution < 1.29 is 8.42 Å². The summed E-state index contributed by atoms with van der Waals surface area (Å²) >= 11 is 0. The number of nitrogens with one attached hydrogen (secondary N) is 2. The Morgan fingerprint density at radius 2 is 1.91 bits per heavy atom. The number of hydrogen-bond donors (Lipinski definition) is 2. The highest BCUT2D eigenvalue weighted by Crippen LogP contribution is 2.20. The van der Waals surface area contributed by atoms with Crippen LogP contribution in [0.2, 0.25) is 0 Å². The Morgan fingerprint density at radius 1 is 1.14 bits per heavy atom. The van der Waals surface area contributed by atoms with Crippen LogP contribution in [0.1, 0.15) is 18.9 Å². The summed E-state index contributed by atoms with van der Waals surface area (Å²) in [6.07, 6.45) is 3.68. The molecule has 22 heavy (non-hydrogen) atoms. The van der Waals surface area contributed by atoms with Crippen LogP contribution in [0.3, 0.4) is 0 Å². The molecule has 0 atom stereocenters. The standard InChI is InChI=1S/C16H17N3O2S/c1-2-3-12-4-8-15(9-5-12)22(20,21)19-14-7-6-13-11-17-18-16(13)10-14/h4-11,19H,2-3H2,1H3,(H,17,18). The Balaban J connectivity index is 1.85. The number of rotatable bonds is 5. The molecule has 114 valence electrons. The fourth-order valence-electron chi connectivity index (χ4n) is 2.34. The lowest BCUT2D eigenvalue weighted by atomic mass is 10.1. The van der Waals surface area contributed by atoms with Gasteiger partial charge in [0.15, 0.2) is 0 Å². The van der Waals surface area contributed by atoms with Crippen LogP contribution < -0.4 is 4.72 Å². The van der Waals surface area contributed by atoms with Crippen molar-refractivity contribution in [3.63, 3.8) is 0 Å². The van der Waals surface area contributed by atoms with Gasteiger partial charge in [-0.15, -0.1) is 0 Å². The van der Waals surface area contributed by atoms with Crippen molar-refractivity contribution in [3.8, 4) is 0 Å². The number of aromatic amines is 1. The molecule has 3 rings (SSSR count). The lowest BCUT2D eigenvalue weighted by Crippen LogP contribution is -2.12. The highest BCUT2D eigenvalue weighted by molar-refractivity contribution is 7.92. The Bertz CT molecular complexity index is 883. The third kappa shape index (κ3) is 2.96. The van der Waals surface area contributed by atoms with Crippen LogP contribution in [0.4, 0.5) is 5.69 Å². The topological polar surface area (TPSA) is 74.8 Å². The molecule has 0 unspecified atom stereocenters. The summed E-state index contributed by atoms with van der Waals surface area (Å²) in [6, 6.07) is 12.3. The quantitative estimate of drug-likeness (QED) is 0.758. The highest BCUT2D eigenvalue weighted by atomic mass is 32.2. The molecule has 1 aromatic heterocycles. The molecule has 0 aliphatic heterocycles. The van der Waals surface area contributed by atoms with Crippen LogP contribution in [0.25, 0.3) is 10.9 Å². The summed E-state index contributed by atoms with van der Waals surface area (Å²) in [6.45, 7) is 2.10.